The molecule has 0 spiro atoms. The highest BCUT2D eigenvalue weighted by Gasteiger charge is 2.27. The normalized spacial score (nSPS) is 11.5. The van der Waals surface area contributed by atoms with Crippen molar-refractivity contribution in [1.29, 1.82) is 0 Å². The van der Waals surface area contributed by atoms with Crippen LogP contribution in [-0.2, 0) is 27.2 Å². The maximum Gasteiger partial charge on any atom is 0.330 e. The van der Waals surface area contributed by atoms with E-state index in [1.54, 1.807) is 87.0 Å². The SMILES string of the molecule is COC(=O)[C@H](CNC(=O)c1cccs1)NC(=O)c1c(C)nc(NCCCc2cc(O)ccc2C)nc1C.Cc1ccc(O)cc1CCCNc1nc(C)c(C(=O)N[C@@H](CNC(=O)c2cccs2)C(=O)O)c(C)n1. The number of hydrogen-bond acceptors (Lipinski definition) is 17. The molecule has 4 amide bonds. The van der Waals surface area contributed by atoms with Gasteiger partial charge in [0.15, 0.2) is 0 Å². The van der Waals surface area contributed by atoms with Crippen LogP contribution < -0.4 is 31.9 Å². The number of ether oxygens (including phenoxy) is 1. The molecule has 0 radical (unpaired) electrons. The highest BCUT2D eigenvalue weighted by atomic mass is 32.1. The molecule has 0 fully saturated rings. The van der Waals surface area contributed by atoms with E-state index in [4.69, 9.17) is 4.74 Å². The van der Waals surface area contributed by atoms with Crippen molar-refractivity contribution >= 4 is 70.1 Å². The van der Waals surface area contributed by atoms with E-state index in [0.717, 1.165) is 47.9 Å². The van der Waals surface area contributed by atoms with Crippen LogP contribution >= 0.6 is 22.7 Å². The predicted molar refractivity (Wildman–Crippen MR) is 278 cm³/mol. The number of phenolic OH excluding ortho intramolecular Hbond substituents is 2. The minimum atomic E-state index is -1.32. The Morgan fingerprint density at radius 3 is 1.34 bits per heavy atom. The van der Waals surface area contributed by atoms with E-state index >= 15 is 0 Å². The molecule has 20 nitrogen and oxygen atoms in total. The Bertz CT molecular complexity index is 2850. The average Bonchev–Trinajstić information content (AvgIpc) is 4.10. The summed E-state index contributed by atoms with van der Waals surface area (Å²) < 4.78 is 4.79. The summed E-state index contributed by atoms with van der Waals surface area (Å²) in [5.41, 5.74) is 6.50. The molecule has 9 N–H and O–H groups in total. The molecule has 22 heteroatoms. The third-order valence-corrected chi connectivity index (χ3v) is 13.0. The Morgan fingerprint density at radius 1 is 0.575 bits per heavy atom. The highest BCUT2D eigenvalue weighted by molar-refractivity contribution is 7.12. The van der Waals surface area contributed by atoms with Crippen LogP contribution in [0.15, 0.2) is 71.4 Å². The fourth-order valence-electron chi connectivity index (χ4n) is 7.44. The summed E-state index contributed by atoms with van der Waals surface area (Å²) in [5.74, 6) is -2.63. The first-order valence-electron chi connectivity index (χ1n) is 23.2. The van der Waals surface area contributed by atoms with E-state index in [1.807, 2.05) is 26.0 Å². The summed E-state index contributed by atoms with van der Waals surface area (Å²) in [6, 6.07) is 15.0. The molecule has 2 atom stereocenters. The van der Waals surface area contributed by atoms with Crippen molar-refractivity contribution in [2.24, 2.45) is 0 Å². The number of carboxylic acids is 1. The molecule has 73 heavy (non-hydrogen) atoms. The first-order valence-corrected chi connectivity index (χ1v) is 24.9. The molecule has 0 bridgehead atoms. The minimum Gasteiger partial charge on any atom is -0.508 e. The van der Waals surface area contributed by atoms with E-state index in [1.165, 1.54) is 29.8 Å². The fourth-order valence-corrected chi connectivity index (χ4v) is 8.72. The molecule has 6 rings (SSSR count). The van der Waals surface area contributed by atoms with Gasteiger partial charge in [0.25, 0.3) is 23.6 Å². The van der Waals surface area contributed by atoms with E-state index < -0.39 is 41.7 Å². The number of nitrogens with one attached hydrogen (secondary N) is 6. The minimum absolute atomic E-state index is 0.133. The van der Waals surface area contributed by atoms with Crippen LogP contribution in [0.4, 0.5) is 11.9 Å². The number of nitrogens with zero attached hydrogens (tertiary/aromatic N) is 4. The molecule has 4 aromatic heterocycles. The number of hydrogen-bond donors (Lipinski definition) is 9. The van der Waals surface area contributed by atoms with Gasteiger partial charge in [0.05, 0.1) is 50.8 Å². The average molecular weight is 1040 g/mol. The second kappa shape index (κ2) is 27.0. The molecule has 6 aromatic rings. The lowest BCUT2D eigenvalue weighted by atomic mass is 10.0. The smallest absolute Gasteiger partial charge is 0.330 e. The number of methoxy groups -OCH3 is 1. The number of anilines is 2. The number of benzene rings is 2. The Morgan fingerprint density at radius 2 is 0.973 bits per heavy atom. The van der Waals surface area contributed by atoms with Crippen molar-refractivity contribution in [3.05, 3.63) is 137 Å². The number of carboxylic acid groups (broad SMARTS) is 1. The maximum atomic E-state index is 13.0. The first kappa shape index (κ1) is 55.9. The molecule has 0 saturated heterocycles. The number of carbonyl (C=O) groups excluding carboxylic acids is 5. The van der Waals surface area contributed by atoms with Gasteiger partial charge < -0.3 is 52.0 Å². The van der Waals surface area contributed by atoms with Crippen molar-refractivity contribution in [3.8, 4) is 11.5 Å². The van der Waals surface area contributed by atoms with Crippen LogP contribution in [0.3, 0.4) is 0 Å². The number of aliphatic carboxylic acids is 1. The third-order valence-electron chi connectivity index (χ3n) is 11.3. The Kier molecular flexibility index (Phi) is 20.7. The number of aromatic nitrogens is 4. The van der Waals surface area contributed by atoms with Gasteiger partial charge in [-0.25, -0.2) is 29.5 Å². The van der Waals surface area contributed by atoms with E-state index in [0.29, 0.717) is 57.5 Å². The molecular weight excluding hydrogens is 977 g/mol. The monoisotopic (exact) mass is 1040 g/mol. The number of rotatable bonds is 22. The molecule has 2 aromatic carbocycles. The van der Waals surface area contributed by atoms with Gasteiger partial charge in [0.1, 0.15) is 23.6 Å². The Balaban J connectivity index is 0.000000271. The maximum absolute atomic E-state index is 13.0. The summed E-state index contributed by atoms with van der Waals surface area (Å²) in [7, 11) is 1.21. The van der Waals surface area contributed by atoms with Crippen molar-refractivity contribution in [3.63, 3.8) is 0 Å². The second-order valence-corrected chi connectivity index (χ2v) is 18.7. The zero-order valence-corrected chi connectivity index (χ0v) is 43.2. The van der Waals surface area contributed by atoms with Crippen LogP contribution in [0.2, 0.25) is 0 Å². The highest BCUT2D eigenvalue weighted by Crippen LogP contribution is 2.20. The van der Waals surface area contributed by atoms with Gasteiger partial charge in [-0.1, -0.05) is 24.3 Å². The summed E-state index contributed by atoms with van der Waals surface area (Å²) in [6.45, 7) is 11.5. The topological polar surface area (TPSA) is 296 Å². The molecular formula is C51H60N10O10S2. The van der Waals surface area contributed by atoms with Crippen molar-refractivity contribution in [2.75, 3.05) is 43.9 Å². The Labute approximate surface area is 430 Å². The van der Waals surface area contributed by atoms with Gasteiger partial charge in [-0.05, 0) is 137 Å². The number of phenols is 2. The standard InChI is InChI=1S/C26H31N5O5S.C25H29N5O5S/c1-15-9-10-19(32)13-18(15)7-5-11-27-26-29-16(2)22(17(3)30-26)24(34)31-20(25(35)36-4)14-28-23(33)21-8-6-12-37-21;1-14-8-9-18(31)12-17(14)6-4-10-26-25-28-15(2)21(16(3)29-25)23(33)30-19(24(34)35)13-27-22(32)20-7-5-11-36-20/h6,8-10,12-13,20,32H,5,7,11,14H2,1-4H3,(H,28,33)(H,31,34)(H,27,29,30);5,7-9,11-12,19,31H,4,6,10,13H2,1-3H3,(H,27,32)(H,30,33)(H,34,35)(H,26,28,29)/t20-;19-/m00/s1. The zero-order valence-electron chi connectivity index (χ0n) is 41.5. The third kappa shape index (κ3) is 16.5. The largest absolute Gasteiger partial charge is 0.508 e. The molecule has 0 saturated carbocycles. The Hall–Kier alpha value is -7.98. The fraction of sp³-hybridized carbons (Fsp3) is 0.333. The number of aromatic hydroxyl groups is 2. The second-order valence-electron chi connectivity index (χ2n) is 16.8. The van der Waals surface area contributed by atoms with E-state index in [-0.39, 0.29) is 41.6 Å². The van der Waals surface area contributed by atoms with E-state index in [2.05, 4.69) is 51.8 Å². The number of aryl methyl sites for hydroxylation is 8. The predicted octanol–water partition coefficient (Wildman–Crippen LogP) is 5.74. The van der Waals surface area contributed by atoms with Crippen LogP contribution in [0.5, 0.6) is 11.5 Å². The van der Waals surface area contributed by atoms with Gasteiger partial charge in [0, 0.05) is 26.2 Å². The molecule has 386 valence electrons. The molecule has 0 aliphatic rings. The van der Waals surface area contributed by atoms with Crippen LogP contribution in [0, 0.1) is 41.5 Å². The lowest BCUT2D eigenvalue weighted by Gasteiger charge is -2.18. The van der Waals surface area contributed by atoms with E-state index in [9.17, 15) is 44.1 Å². The molecule has 0 aliphatic heterocycles. The quantitative estimate of drug-likeness (QED) is 0.0289. The lowest BCUT2D eigenvalue weighted by molar-refractivity contribution is -0.142. The molecule has 4 heterocycles. The van der Waals surface area contributed by atoms with Crippen molar-refractivity contribution in [2.45, 2.75) is 79.3 Å². The van der Waals surface area contributed by atoms with Gasteiger partial charge in [-0.15, -0.1) is 22.7 Å². The summed E-state index contributed by atoms with van der Waals surface area (Å²) in [4.78, 5) is 92.6. The van der Waals surface area contributed by atoms with Gasteiger partial charge in [0.2, 0.25) is 11.9 Å². The number of amides is 4. The molecule has 0 unspecified atom stereocenters. The van der Waals surface area contributed by atoms with Crippen molar-refractivity contribution in [1.82, 2.24) is 41.2 Å². The van der Waals surface area contributed by atoms with Crippen LogP contribution in [0.25, 0.3) is 0 Å². The lowest BCUT2D eigenvalue weighted by Crippen LogP contribution is -2.49. The van der Waals surface area contributed by atoms with Crippen LogP contribution in [-0.4, -0.2) is 116 Å². The van der Waals surface area contributed by atoms with Gasteiger partial charge in [-0.3, -0.25) is 19.2 Å². The van der Waals surface area contributed by atoms with Crippen LogP contribution in [0.1, 0.15) is 97.9 Å². The number of carbonyl (C=O) groups is 6. The molecule has 0 aliphatic carbocycles. The number of esters is 1. The first-order chi connectivity index (χ1) is 34.8. The summed E-state index contributed by atoms with van der Waals surface area (Å²) in [5, 5.41) is 48.9. The summed E-state index contributed by atoms with van der Waals surface area (Å²) >= 11 is 2.51. The van der Waals surface area contributed by atoms with Gasteiger partial charge >= 0.3 is 11.9 Å². The zero-order chi connectivity index (χ0) is 53.2. The van der Waals surface area contributed by atoms with Gasteiger partial charge in [-0.2, -0.15) is 0 Å². The number of thiophene rings is 2. The summed E-state index contributed by atoms with van der Waals surface area (Å²) in [6.07, 6.45) is 3.13. The van der Waals surface area contributed by atoms with Crippen molar-refractivity contribution < 1.29 is 48.8 Å².